The number of hydrogen-bond acceptors (Lipinski definition) is 4. The highest BCUT2D eigenvalue weighted by molar-refractivity contribution is 5.67. The van der Waals surface area contributed by atoms with E-state index in [1.165, 1.54) is 0 Å². The van der Waals surface area contributed by atoms with Crippen LogP contribution < -0.4 is 10.6 Å². The number of hydrogen-bond donors (Lipinski definition) is 3. The van der Waals surface area contributed by atoms with Crippen LogP contribution in [-0.4, -0.2) is 36.4 Å². The summed E-state index contributed by atoms with van der Waals surface area (Å²) >= 11 is 0. The summed E-state index contributed by atoms with van der Waals surface area (Å²) in [4.78, 5) is 11.6. The molecule has 1 saturated heterocycles. The summed E-state index contributed by atoms with van der Waals surface area (Å²) in [5, 5.41) is 16.2. The van der Waals surface area contributed by atoms with Crippen molar-refractivity contribution < 1.29 is 14.6 Å². The van der Waals surface area contributed by atoms with Crippen LogP contribution in [0.15, 0.2) is 30.3 Å². The molecule has 0 saturated carbocycles. The second kappa shape index (κ2) is 7.26. The van der Waals surface area contributed by atoms with Gasteiger partial charge in [-0.2, -0.15) is 0 Å². The van der Waals surface area contributed by atoms with Crippen LogP contribution in [0.25, 0.3) is 0 Å². The highest BCUT2D eigenvalue weighted by Gasteiger charge is 2.28. The smallest absolute Gasteiger partial charge is 0.407 e. The Kier molecular flexibility index (Phi) is 5.38. The third-order valence-corrected chi connectivity index (χ3v) is 3.47. The number of rotatable bonds is 4. The largest absolute Gasteiger partial charge is 0.445 e. The van der Waals surface area contributed by atoms with E-state index in [2.05, 4.69) is 10.6 Å². The summed E-state index contributed by atoms with van der Waals surface area (Å²) in [5.41, 5.74) is 0.0694. The van der Waals surface area contributed by atoms with Crippen LogP contribution in [0.2, 0.25) is 0 Å². The second-order valence-electron chi connectivity index (χ2n) is 5.27. The number of ether oxygens (including phenoxy) is 1. The van der Waals surface area contributed by atoms with Crippen molar-refractivity contribution in [3.63, 3.8) is 0 Å². The predicted molar refractivity (Wildman–Crippen MR) is 76.3 cm³/mol. The highest BCUT2D eigenvalue weighted by atomic mass is 16.5. The molecule has 2 rings (SSSR count). The Morgan fingerprint density at radius 1 is 1.35 bits per heavy atom. The van der Waals surface area contributed by atoms with Gasteiger partial charge in [-0.1, -0.05) is 30.3 Å². The molecule has 1 atom stereocenters. The van der Waals surface area contributed by atoms with Crippen molar-refractivity contribution in [2.75, 3.05) is 19.6 Å². The Balaban J connectivity index is 1.71. The van der Waals surface area contributed by atoms with Crippen molar-refractivity contribution >= 4 is 6.09 Å². The highest BCUT2D eigenvalue weighted by Crippen LogP contribution is 2.15. The Labute approximate surface area is 119 Å². The summed E-state index contributed by atoms with van der Waals surface area (Å²) in [6.07, 6.45) is 2.22. The Hall–Kier alpha value is -1.59. The van der Waals surface area contributed by atoms with Gasteiger partial charge in [0, 0.05) is 6.54 Å². The maximum Gasteiger partial charge on any atom is 0.407 e. The van der Waals surface area contributed by atoms with E-state index in [4.69, 9.17) is 4.74 Å². The minimum Gasteiger partial charge on any atom is -0.445 e. The second-order valence-corrected chi connectivity index (χ2v) is 5.27. The summed E-state index contributed by atoms with van der Waals surface area (Å²) in [7, 11) is 0. The molecule has 1 aromatic carbocycles. The molecular formula is C15H22N2O3. The van der Waals surface area contributed by atoms with Gasteiger partial charge >= 0.3 is 6.09 Å². The van der Waals surface area contributed by atoms with Gasteiger partial charge in [-0.15, -0.1) is 0 Å². The molecule has 0 radical (unpaired) electrons. The lowest BCUT2D eigenvalue weighted by Gasteiger charge is -2.26. The maximum atomic E-state index is 11.6. The average Bonchev–Trinajstić information content (AvgIpc) is 2.69. The van der Waals surface area contributed by atoms with E-state index in [-0.39, 0.29) is 13.2 Å². The van der Waals surface area contributed by atoms with Crippen molar-refractivity contribution in [2.24, 2.45) is 0 Å². The SMILES string of the molecule is O=C(NCC1(O)CCCCNC1)OCc1ccccc1. The van der Waals surface area contributed by atoms with Gasteiger partial charge in [0.05, 0.1) is 12.1 Å². The number of carbonyl (C=O) groups excluding carboxylic acids is 1. The molecule has 1 aromatic rings. The van der Waals surface area contributed by atoms with E-state index < -0.39 is 11.7 Å². The van der Waals surface area contributed by atoms with Gasteiger partial charge in [0.15, 0.2) is 0 Å². The zero-order valence-electron chi connectivity index (χ0n) is 11.6. The van der Waals surface area contributed by atoms with E-state index >= 15 is 0 Å². The molecular weight excluding hydrogens is 256 g/mol. The number of benzene rings is 1. The Bertz CT molecular complexity index is 414. The molecule has 20 heavy (non-hydrogen) atoms. The van der Waals surface area contributed by atoms with Crippen molar-refractivity contribution in [1.82, 2.24) is 10.6 Å². The first-order chi connectivity index (χ1) is 9.68. The van der Waals surface area contributed by atoms with Gasteiger partial charge in [0.2, 0.25) is 0 Å². The quantitative estimate of drug-likeness (QED) is 0.779. The molecule has 0 bridgehead atoms. The Morgan fingerprint density at radius 2 is 2.15 bits per heavy atom. The monoisotopic (exact) mass is 278 g/mol. The lowest BCUT2D eigenvalue weighted by Crippen LogP contribution is -2.48. The van der Waals surface area contributed by atoms with E-state index in [1.54, 1.807) is 0 Å². The molecule has 110 valence electrons. The molecule has 0 spiro atoms. The molecule has 1 aliphatic rings. The summed E-state index contributed by atoms with van der Waals surface area (Å²) < 4.78 is 5.11. The molecule has 1 heterocycles. The van der Waals surface area contributed by atoms with E-state index in [1.807, 2.05) is 30.3 Å². The standard InChI is InChI=1S/C15H22N2O3/c18-14(20-10-13-6-2-1-3-7-13)17-12-15(19)8-4-5-9-16-11-15/h1-3,6-7,16,19H,4-5,8-12H2,(H,17,18). The first-order valence-corrected chi connectivity index (χ1v) is 7.06. The third kappa shape index (κ3) is 4.83. The Morgan fingerprint density at radius 3 is 2.95 bits per heavy atom. The predicted octanol–water partition coefficient (Wildman–Crippen LogP) is 1.42. The van der Waals surface area contributed by atoms with Crippen LogP contribution in [0.1, 0.15) is 24.8 Å². The number of amides is 1. The number of β-amino-alcohol motifs (C(OH)–C–C–N with tert-alkyl or cyclic N) is 1. The van der Waals surface area contributed by atoms with Gasteiger partial charge in [0.25, 0.3) is 0 Å². The topological polar surface area (TPSA) is 70.6 Å². The summed E-state index contributed by atoms with van der Waals surface area (Å²) in [6, 6.07) is 9.51. The zero-order valence-corrected chi connectivity index (χ0v) is 11.6. The first kappa shape index (κ1) is 14.8. The number of aliphatic hydroxyl groups is 1. The van der Waals surface area contributed by atoms with Crippen molar-refractivity contribution in [2.45, 2.75) is 31.5 Å². The molecule has 5 nitrogen and oxygen atoms in total. The molecule has 5 heteroatoms. The van der Waals surface area contributed by atoms with Crippen molar-refractivity contribution in [3.8, 4) is 0 Å². The number of alkyl carbamates (subject to hydrolysis) is 1. The van der Waals surface area contributed by atoms with Gasteiger partial charge in [-0.05, 0) is 31.4 Å². The molecule has 1 amide bonds. The molecule has 1 fully saturated rings. The molecule has 0 aromatic heterocycles. The lowest BCUT2D eigenvalue weighted by molar-refractivity contribution is 0.0343. The third-order valence-electron chi connectivity index (χ3n) is 3.47. The maximum absolute atomic E-state index is 11.6. The van der Waals surface area contributed by atoms with Gasteiger partial charge in [-0.25, -0.2) is 4.79 Å². The van der Waals surface area contributed by atoms with Gasteiger partial charge < -0.3 is 20.5 Å². The molecule has 1 unspecified atom stereocenters. The van der Waals surface area contributed by atoms with Crippen LogP contribution in [0.5, 0.6) is 0 Å². The molecule has 0 aliphatic carbocycles. The number of nitrogens with one attached hydrogen (secondary N) is 2. The number of carbonyl (C=O) groups is 1. The average molecular weight is 278 g/mol. The minimum absolute atomic E-state index is 0.216. The van der Waals surface area contributed by atoms with E-state index in [0.717, 1.165) is 24.9 Å². The fraction of sp³-hybridized carbons (Fsp3) is 0.533. The minimum atomic E-state index is -0.873. The summed E-state index contributed by atoms with van der Waals surface area (Å²) in [5.74, 6) is 0. The molecule has 1 aliphatic heterocycles. The van der Waals surface area contributed by atoms with Gasteiger partial charge in [0.1, 0.15) is 6.61 Å². The fourth-order valence-electron chi connectivity index (χ4n) is 2.28. The van der Waals surface area contributed by atoms with Crippen molar-refractivity contribution in [1.29, 1.82) is 0 Å². The fourth-order valence-corrected chi connectivity index (χ4v) is 2.28. The molecule has 3 N–H and O–H groups in total. The van der Waals surface area contributed by atoms with E-state index in [9.17, 15) is 9.90 Å². The van der Waals surface area contributed by atoms with Gasteiger partial charge in [-0.3, -0.25) is 0 Å². The van der Waals surface area contributed by atoms with Crippen LogP contribution in [0.4, 0.5) is 4.79 Å². The van der Waals surface area contributed by atoms with Crippen molar-refractivity contribution in [3.05, 3.63) is 35.9 Å². The van der Waals surface area contributed by atoms with Crippen LogP contribution >= 0.6 is 0 Å². The van der Waals surface area contributed by atoms with Crippen LogP contribution in [0, 0.1) is 0 Å². The lowest BCUT2D eigenvalue weighted by atomic mass is 9.98. The van der Waals surface area contributed by atoms with Crippen LogP contribution in [-0.2, 0) is 11.3 Å². The van der Waals surface area contributed by atoms with E-state index in [0.29, 0.717) is 13.0 Å². The van der Waals surface area contributed by atoms with Crippen LogP contribution in [0.3, 0.4) is 0 Å². The first-order valence-electron chi connectivity index (χ1n) is 7.06. The summed E-state index contributed by atoms with van der Waals surface area (Å²) in [6.45, 7) is 1.88. The zero-order chi connectivity index (χ0) is 14.3. The normalized spacial score (nSPS) is 22.9.